The molecule has 6 nitrogen and oxygen atoms in total. The molecule has 1 saturated heterocycles. The summed E-state index contributed by atoms with van der Waals surface area (Å²) in [6.45, 7) is 5.83. The summed E-state index contributed by atoms with van der Waals surface area (Å²) in [6, 6.07) is 15.4. The molecule has 0 atom stereocenters. The van der Waals surface area contributed by atoms with Crippen molar-refractivity contribution in [3.8, 4) is 0 Å². The lowest BCUT2D eigenvalue weighted by atomic mass is 10.0. The van der Waals surface area contributed by atoms with Gasteiger partial charge in [0.1, 0.15) is 4.21 Å². The van der Waals surface area contributed by atoms with Crippen LogP contribution in [0.4, 0.5) is 0 Å². The molecular weight excluding hydrogens is 430 g/mol. The zero-order chi connectivity index (χ0) is 22.0. The molecule has 0 bridgehead atoms. The molecule has 0 aliphatic carbocycles. The van der Waals surface area contributed by atoms with Crippen LogP contribution in [0.15, 0.2) is 58.1 Å². The Hall–Kier alpha value is -2.42. The Balaban J connectivity index is 1.40. The Morgan fingerprint density at radius 3 is 2.45 bits per heavy atom. The van der Waals surface area contributed by atoms with Crippen LogP contribution in [0.25, 0.3) is 0 Å². The Labute approximate surface area is 187 Å². The van der Waals surface area contributed by atoms with Crippen molar-refractivity contribution >= 4 is 27.3 Å². The van der Waals surface area contributed by atoms with Crippen LogP contribution in [0, 0.1) is 13.8 Å². The van der Waals surface area contributed by atoms with Gasteiger partial charge >= 0.3 is 0 Å². The number of nitrogens with zero attached hydrogens (tertiary/aromatic N) is 2. The maximum Gasteiger partial charge on any atom is 0.255 e. The lowest BCUT2D eigenvalue weighted by Gasteiger charge is -2.32. The molecule has 2 aromatic heterocycles. The highest BCUT2D eigenvalue weighted by atomic mass is 32.2. The number of aryl methyl sites for hydroxylation is 1. The second-order valence-electron chi connectivity index (χ2n) is 7.98. The molecule has 8 heteroatoms. The van der Waals surface area contributed by atoms with Crippen molar-refractivity contribution in [2.45, 2.75) is 43.5 Å². The van der Waals surface area contributed by atoms with E-state index in [2.05, 4.69) is 21.4 Å². The number of piperidine rings is 1. The molecule has 31 heavy (non-hydrogen) atoms. The minimum absolute atomic E-state index is 0.0203. The number of amides is 1. The van der Waals surface area contributed by atoms with Gasteiger partial charge < -0.3 is 9.47 Å². The van der Waals surface area contributed by atoms with Gasteiger partial charge in [0.05, 0.1) is 5.56 Å². The number of hydrogen-bond acceptors (Lipinski definition) is 4. The molecule has 1 aromatic carbocycles. The van der Waals surface area contributed by atoms with Crippen molar-refractivity contribution in [2.24, 2.45) is 0 Å². The maximum absolute atomic E-state index is 13.2. The molecule has 1 aliphatic rings. The average molecular weight is 458 g/mol. The molecular formula is C23H27N3O3S2. The van der Waals surface area contributed by atoms with Crippen LogP contribution in [0.1, 0.15) is 40.2 Å². The van der Waals surface area contributed by atoms with Gasteiger partial charge in [0, 0.05) is 37.1 Å². The van der Waals surface area contributed by atoms with E-state index in [4.69, 9.17) is 0 Å². The normalized spacial score (nSPS) is 15.4. The van der Waals surface area contributed by atoms with E-state index in [9.17, 15) is 13.2 Å². The van der Waals surface area contributed by atoms with Gasteiger partial charge in [-0.3, -0.25) is 4.79 Å². The third-order valence-electron chi connectivity index (χ3n) is 5.85. The van der Waals surface area contributed by atoms with E-state index in [-0.39, 0.29) is 11.9 Å². The Morgan fingerprint density at radius 2 is 1.81 bits per heavy atom. The summed E-state index contributed by atoms with van der Waals surface area (Å²) in [5.74, 6) is 0.0203. The molecule has 1 fully saturated rings. The van der Waals surface area contributed by atoms with Crippen molar-refractivity contribution in [2.75, 3.05) is 13.1 Å². The summed E-state index contributed by atoms with van der Waals surface area (Å²) in [7, 11) is -3.48. The summed E-state index contributed by atoms with van der Waals surface area (Å²) in [6.07, 6.45) is 1.22. The molecule has 1 aliphatic heterocycles. The maximum atomic E-state index is 13.2. The summed E-state index contributed by atoms with van der Waals surface area (Å²) in [5.41, 5.74) is 3.95. The van der Waals surface area contributed by atoms with Crippen LogP contribution in [0.5, 0.6) is 0 Å². The average Bonchev–Trinajstić information content (AvgIpc) is 3.40. The highest BCUT2D eigenvalue weighted by Crippen LogP contribution is 2.22. The van der Waals surface area contributed by atoms with E-state index in [1.54, 1.807) is 17.5 Å². The van der Waals surface area contributed by atoms with Gasteiger partial charge in [0.2, 0.25) is 10.0 Å². The third kappa shape index (κ3) is 4.76. The zero-order valence-corrected chi connectivity index (χ0v) is 19.4. The van der Waals surface area contributed by atoms with Crippen LogP contribution >= 0.6 is 11.3 Å². The number of carbonyl (C=O) groups is 1. The van der Waals surface area contributed by atoms with Crippen molar-refractivity contribution < 1.29 is 13.2 Å². The number of rotatable bonds is 6. The lowest BCUT2D eigenvalue weighted by Crippen LogP contribution is -2.46. The fraction of sp³-hybridized carbons (Fsp3) is 0.348. The standard InChI is InChI=1S/C23H27N3O3S2/c1-17-15-21(18(2)26(17)16-19-7-4-3-5-8-19)23(27)25-12-10-20(11-13-25)24-31(28,29)22-9-6-14-30-22/h3-9,14-15,20,24H,10-13,16H2,1-2H3. The lowest BCUT2D eigenvalue weighted by molar-refractivity contribution is 0.0710. The van der Waals surface area contributed by atoms with E-state index >= 15 is 0 Å². The van der Waals surface area contributed by atoms with Crippen molar-refractivity contribution in [1.82, 2.24) is 14.2 Å². The fourth-order valence-electron chi connectivity index (χ4n) is 4.09. The number of sulfonamides is 1. The van der Waals surface area contributed by atoms with Crippen LogP contribution < -0.4 is 4.72 Å². The number of nitrogens with one attached hydrogen (secondary N) is 1. The minimum atomic E-state index is -3.48. The number of aromatic nitrogens is 1. The number of thiophene rings is 1. The molecule has 0 radical (unpaired) electrons. The largest absolute Gasteiger partial charge is 0.344 e. The molecule has 3 aromatic rings. The number of hydrogen-bond donors (Lipinski definition) is 1. The van der Waals surface area contributed by atoms with E-state index in [1.807, 2.05) is 43.0 Å². The molecule has 164 valence electrons. The van der Waals surface area contributed by atoms with Gasteiger partial charge in [-0.2, -0.15) is 0 Å². The van der Waals surface area contributed by atoms with Crippen molar-refractivity contribution in [3.05, 3.63) is 76.4 Å². The molecule has 4 rings (SSSR count). The summed E-state index contributed by atoms with van der Waals surface area (Å²) in [4.78, 5) is 15.0. The first-order valence-electron chi connectivity index (χ1n) is 10.4. The van der Waals surface area contributed by atoms with Gasteiger partial charge in [0.25, 0.3) is 5.91 Å². The van der Waals surface area contributed by atoms with Gasteiger partial charge in [-0.25, -0.2) is 13.1 Å². The van der Waals surface area contributed by atoms with Gasteiger partial charge in [-0.1, -0.05) is 36.4 Å². The van der Waals surface area contributed by atoms with E-state index in [1.165, 1.54) is 16.9 Å². The quantitative estimate of drug-likeness (QED) is 0.612. The minimum Gasteiger partial charge on any atom is -0.344 e. The van der Waals surface area contributed by atoms with Gasteiger partial charge in [-0.15, -0.1) is 11.3 Å². The predicted octanol–water partition coefficient (Wildman–Crippen LogP) is 3.80. The number of benzene rings is 1. The smallest absolute Gasteiger partial charge is 0.255 e. The SMILES string of the molecule is Cc1cc(C(=O)N2CCC(NS(=O)(=O)c3cccs3)CC2)c(C)n1Cc1ccccc1. The van der Waals surface area contributed by atoms with Crippen LogP contribution in [0.2, 0.25) is 0 Å². The molecule has 0 saturated carbocycles. The van der Waals surface area contributed by atoms with Crippen molar-refractivity contribution in [1.29, 1.82) is 0 Å². The second kappa shape index (κ2) is 8.98. The van der Waals surface area contributed by atoms with E-state index in [0.717, 1.165) is 23.5 Å². The Morgan fingerprint density at radius 1 is 1.10 bits per heavy atom. The summed E-state index contributed by atoms with van der Waals surface area (Å²) in [5, 5.41) is 1.75. The fourth-order valence-corrected chi connectivity index (χ4v) is 6.41. The summed E-state index contributed by atoms with van der Waals surface area (Å²) < 4.78 is 30.2. The third-order valence-corrected chi connectivity index (χ3v) is 8.77. The number of carbonyl (C=O) groups excluding carboxylic acids is 1. The summed E-state index contributed by atoms with van der Waals surface area (Å²) >= 11 is 1.21. The van der Waals surface area contributed by atoms with Crippen LogP contribution in [-0.4, -0.2) is 42.9 Å². The topological polar surface area (TPSA) is 71.4 Å². The Bertz CT molecular complexity index is 1140. The van der Waals surface area contributed by atoms with Gasteiger partial charge in [-0.05, 0) is 49.8 Å². The molecule has 3 heterocycles. The number of likely N-dealkylation sites (tertiary alicyclic amines) is 1. The molecule has 0 unspecified atom stereocenters. The van der Waals surface area contributed by atoms with Crippen molar-refractivity contribution in [3.63, 3.8) is 0 Å². The van der Waals surface area contributed by atoms with Crippen LogP contribution in [0.3, 0.4) is 0 Å². The first-order valence-corrected chi connectivity index (χ1v) is 12.8. The van der Waals surface area contributed by atoms with E-state index in [0.29, 0.717) is 30.1 Å². The second-order valence-corrected chi connectivity index (χ2v) is 10.9. The predicted molar refractivity (Wildman–Crippen MR) is 123 cm³/mol. The Kier molecular flexibility index (Phi) is 6.31. The monoisotopic (exact) mass is 457 g/mol. The molecule has 1 amide bonds. The highest BCUT2D eigenvalue weighted by Gasteiger charge is 2.29. The van der Waals surface area contributed by atoms with E-state index < -0.39 is 10.0 Å². The first-order chi connectivity index (χ1) is 14.8. The zero-order valence-electron chi connectivity index (χ0n) is 17.7. The van der Waals surface area contributed by atoms with Gasteiger partial charge in [0.15, 0.2) is 0 Å². The van der Waals surface area contributed by atoms with Crippen LogP contribution in [-0.2, 0) is 16.6 Å². The first kappa shape index (κ1) is 21.8. The molecule has 0 spiro atoms. The molecule has 1 N–H and O–H groups in total. The highest BCUT2D eigenvalue weighted by molar-refractivity contribution is 7.91.